The predicted octanol–water partition coefficient (Wildman–Crippen LogP) is 2.39. The molecule has 25 heavy (non-hydrogen) atoms. The highest BCUT2D eigenvalue weighted by Crippen LogP contribution is 2.17. The molecule has 0 spiro atoms. The Balaban J connectivity index is 2.26. The van der Waals surface area contributed by atoms with Crippen LogP contribution in [0.1, 0.15) is 40.0 Å². The van der Waals surface area contributed by atoms with Crippen LogP contribution in [0.2, 0.25) is 0 Å². The molecule has 146 valence electrons. The summed E-state index contributed by atoms with van der Waals surface area (Å²) in [5.41, 5.74) is -0.575. The van der Waals surface area contributed by atoms with Gasteiger partial charge in [-0.05, 0) is 33.6 Å². The van der Waals surface area contributed by atoms with Crippen LogP contribution in [0.15, 0.2) is 0 Å². The van der Waals surface area contributed by atoms with Crippen molar-refractivity contribution >= 4 is 12.0 Å². The number of ether oxygens (including phenoxy) is 1. The lowest BCUT2D eigenvalue weighted by molar-refractivity contribution is -0.145. The van der Waals surface area contributed by atoms with Gasteiger partial charge < -0.3 is 15.0 Å². The molecule has 0 unspecified atom stereocenters. The fourth-order valence-electron chi connectivity index (χ4n) is 2.53. The molecule has 1 aliphatic rings. The van der Waals surface area contributed by atoms with Gasteiger partial charge in [0.05, 0.1) is 6.54 Å². The number of halogens is 3. The van der Waals surface area contributed by atoms with Gasteiger partial charge in [0.1, 0.15) is 5.60 Å². The third-order valence-corrected chi connectivity index (χ3v) is 3.58. The van der Waals surface area contributed by atoms with Crippen LogP contribution in [-0.2, 0) is 9.53 Å². The van der Waals surface area contributed by atoms with Gasteiger partial charge >= 0.3 is 12.3 Å². The Bertz CT molecular complexity index is 450. The van der Waals surface area contributed by atoms with Gasteiger partial charge in [-0.3, -0.25) is 9.69 Å². The van der Waals surface area contributed by atoms with Crippen molar-refractivity contribution < 1.29 is 27.5 Å². The maximum absolute atomic E-state index is 12.4. The summed E-state index contributed by atoms with van der Waals surface area (Å²) >= 11 is 0. The van der Waals surface area contributed by atoms with Gasteiger partial charge in [0, 0.05) is 39.1 Å². The molecule has 0 aromatic rings. The summed E-state index contributed by atoms with van der Waals surface area (Å²) in [5.74, 6) is -0.0974. The molecule has 1 rings (SSSR count). The molecule has 1 aliphatic heterocycles. The highest BCUT2D eigenvalue weighted by Gasteiger charge is 2.31. The summed E-state index contributed by atoms with van der Waals surface area (Å²) in [6.07, 6.45) is -3.52. The van der Waals surface area contributed by atoms with Gasteiger partial charge in [-0.2, -0.15) is 13.2 Å². The van der Waals surface area contributed by atoms with Crippen molar-refractivity contribution in [3.63, 3.8) is 0 Å². The third-order valence-electron chi connectivity index (χ3n) is 3.58. The quantitative estimate of drug-likeness (QED) is 0.758. The van der Waals surface area contributed by atoms with Crippen LogP contribution in [0, 0.1) is 0 Å². The number of carbonyl (C=O) groups is 2. The lowest BCUT2D eigenvalue weighted by Gasteiger charge is -2.23. The summed E-state index contributed by atoms with van der Waals surface area (Å²) in [5, 5.41) is 2.58. The Morgan fingerprint density at radius 1 is 1.08 bits per heavy atom. The molecule has 2 amide bonds. The van der Waals surface area contributed by atoms with Crippen LogP contribution in [0.5, 0.6) is 0 Å². The predicted molar refractivity (Wildman–Crippen MR) is 87.2 cm³/mol. The van der Waals surface area contributed by atoms with E-state index in [0.29, 0.717) is 39.0 Å². The maximum Gasteiger partial charge on any atom is 0.407 e. The Kier molecular flexibility index (Phi) is 7.98. The van der Waals surface area contributed by atoms with E-state index in [2.05, 4.69) is 5.32 Å². The van der Waals surface area contributed by atoms with Crippen LogP contribution < -0.4 is 5.32 Å². The fraction of sp³-hybridized carbons (Fsp3) is 0.875. The minimum atomic E-state index is -4.22. The van der Waals surface area contributed by atoms with Crippen molar-refractivity contribution in [2.24, 2.45) is 0 Å². The van der Waals surface area contributed by atoms with E-state index in [1.54, 1.807) is 25.7 Å². The van der Waals surface area contributed by atoms with Gasteiger partial charge in [0.15, 0.2) is 0 Å². The topological polar surface area (TPSA) is 61.9 Å². The molecule has 9 heteroatoms. The average Bonchev–Trinajstić information content (AvgIpc) is 2.65. The van der Waals surface area contributed by atoms with Crippen LogP contribution >= 0.6 is 0 Å². The second kappa shape index (κ2) is 9.26. The summed E-state index contributed by atoms with van der Waals surface area (Å²) in [7, 11) is 0. The standard InChI is InChI=1S/C16H28F3N3O3/c1-15(2,3)25-14(24)20-7-4-6-13(23)22-9-5-8-21(10-11-22)12-16(17,18)19/h4-12H2,1-3H3,(H,20,24). The first-order valence-electron chi connectivity index (χ1n) is 8.50. The van der Waals surface area contributed by atoms with E-state index in [4.69, 9.17) is 4.74 Å². The van der Waals surface area contributed by atoms with Gasteiger partial charge in [-0.1, -0.05) is 0 Å². The highest BCUT2D eigenvalue weighted by atomic mass is 19.4. The summed E-state index contributed by atoms with van der Waals surface area (Å²) in [4.78, 5) is 26.6. The van der Waals surface area contributed by atoms with E-state index in [0.717, 1.165) is 0 Å². The highest BCUT2D eigenvalue weighted by molar-refractivity contribution is 5.76. The number of nitrogens with zero attached hydrogens (tertiary/aromatic N) is 2. The summed E-state index contributed by atoms with van der Waals surface area (Å²) in [6.45, 7) is 5.99. The molecule has 1 fully saturated rings. The summed E-state index contributed by atoms with van der Waals surface area (Å²) in [6, 6.07) is 0. The lowest BCUT2D eigenvalue weighted by Crippen LogP contribution is -2.38. The maximum atomic E-state index is 12.4. The van der Waals surface area contributed by atoms with Crippen molar-refractivity contribution in [3.05, 3.63) is 0 Å². The second-order valence-corrected chi connectivity index (χ2v) is 7.16. The third kappa shape index (κ3) is 10.2. The second-order valence-electron chi connectivity index (χ2n) is 7.16. The summed E-state index contributed by atoms with van der Waals surface area (Å²) < 4.78 is 42.4. The molecule has 6 nitrogen and oxygen atoms in total. The lowest BCUT2D eigenvalue weighted by atomic mass is 10.2. The molecule has 0 radical (unpaired) electrons. The van der Waals surface area contributed by atoms with Gasteiger partial charge in [0.25, 0.3) is 0 Å². The number of carbonyl (C=O) groups excluding carboxylic acids is 2. The van der Waals surface area contributed by atoms with Crippen LogP contribution in [0.25, 0.3) is 0 Å². The first-order valence-corrected chi connectivity index (χ1v) is 8.50. The van der Waals surface area contributed by atoms with E-state index in [1.807, 2.05) is 0 Å². The van der Waals surface area contributed by atoms with Crippen LogP contribution in [-0.4, -0.2) is 72.8 Å². The normalized spacial score (nSPS) is 17.1. The number of hydrogen-bond donors (Lipinski definition) is 1. The molecular formula is C16H28F3N3O3. The van der Waals surface area contributed by atoms with Crippen molar-refractivity contribution in [3.8, 4) is 0 Å². The van der Waals surface area contributed by atoms with Crippen LogP contribution in [0.4, 0.5) is 18.0 Å². The Morgan fingerprint density at radius 3 is 2.36 bits per heavy atom. The Labute approximate surface area is 146 Å². The molecule has 0 atom stereocenters. The van der Waals surface area contributed by atoms with E-state index < -0.39 is 24.4 Å². The number of alkyl halides is 3. The first kappa shape index (κ1) is 21.5. The zero-order valence-corrected chi connectivity index (χ0v) is 15.1. The molecular weight excluding hydrogens is 339 g/mol. The van der Waals surface area contributed by atoms with E-state index >= 15 is 0 Å². The van der Waals surface area contributed by atoms with Gasteiger partial charge in [-0.15, -0.1) is 0 Å². The van der Waals surface area contributed by atoms with E-state index in [1.165, 1.54) is 4.90 Å². The Morgan fingerprint density at radius 2 is 1.76 bits per heavy atom. The largest absolute Gasteiger partial charge is 0.444 e. The molecule has 0 saturated carbocycles. The van der Waals surface area contributed by atoms with Crippen molar-refractivity contribution in [2.45, 2.75) is 51.8 Å². The molecule has 1 heterocycles. The smallest absolute Gasteiger partial charge is 0.407 e. The van der Waals surface area contributed by atoms with Crippen molar-refractivity contribution in [1.82, 2.24) is 15.1 Å². The zero-order chi connectivity index (χ0) is 19.1. The van der Waals surface area contributed by atoms with Gasteiger partial charge in [0.2, 0.25) is 5.91 Å². The Hall–Kier alpha value is -1.51. The number of hydrogen-bond acceptors (Lipinski definition) is 4. The van der Waals surface area contributed by atoms with E-state index in [-0.39, 0.29) is 18.9 Å². The minimum absolute atomic E-state index is 0.0974. The molecule has 0 aromatic carbocycles. The molecule has 0 aromatic heterocycles. The molecule has 1 N–H and O–H groups in total. The van der Waals surface area contributed by atoms with Crippen LogP contribution in [0.3, 0.4) is 0 Å². The monoisotopic (exact) mass is 367 g/mol. The number of amides is 2. The number of alkyl carbamates (subject to hydrolysis) is 1. The molecule has 0 bridgehead atoms. The zero-order valence-electron chi connectivity index (χ0n) is 15.1. The van der Waals surface area contributed by atoms with Gasteiger partial charge in [-0.25, -0.2) is 4.79 Å². The molecule has 0 aliphatic carbocycles. The number of rotatable bonds is 5. The fourth-order valence-corrected chi connectivity index (χ4v) is 2.53. The first-order chi connectivity index (χ1) is 11.5. The van der Waals surface area contributed by atoms with Crippen molar-refractivity contribution in [2.75, 3.05) is 39.3 Å². The minimum Gasteiger partial charge on any atom is -0.444 e. The van der Waals surface area contributed by atoms with Crippen molar-refractivity contribution in [1.29, 1.82) is 0 Å². The molecule has 1 saturated heterocycles. The SMILES string of the molecule is CC(C)(C)OC(=O)NCCCC(=O)N1CCCN(CC(F)(F)F)CC1. The van der Waals surface area contributed by atoms with E-state index in [9.17, 15) is 22.8 Å². The number of nitrogens with one attached hydrogen (secondary N) is 1. The average molecular weight is 367 g/mol.